The summed E-state index contributed by atoms with van der Waals surface area (Å²) in [6.07, 6.45) is 7.87. The number of nitrogens with zero attached hydrogens (tertiary/aromatic N) is 4. The Balaban J connectivity index is 1.01. The summed E-state index contributed by atoms with van der Waals surface area (Å²) in [4.78, 5) is 67.4. The second kappa shape index (κ2) is 9.87. The van der Waals surface area contributed by atoms with Crippen LogP contribution in [0.5, 0.6) is 0 Å². The number of anilines is 1. The van der Waals surface area contributed by atoms with Crippen LogP contribution in [-0.4, -0.2) is 68.2 Å². The quantitative estimate of drug-likeness (QED) is 0.386. The molecule has 3 fully saturated rings. The minimum Gasteiger partial charge on any atom is -0.380 e. The molecule has 1 aromatic heterocycles. The number of hydrogen-bond donors (Lipinski definition) is 2. The molecule has 11 heteroatoms. The van der Waals surface area contributed by atoms with Crippen LogP contribution in [0.15, 0.2) is 42.2 Å². The molecule has 5 unspecified atom stereocenters. The number of benzene rings is 1. The average molecular weight is 599 g/mol. The van der Waals surface area contributed by atoms with Crippen molar-refractivity contribution >= 4 is 35.2 Å². The monoisotopic (exact) mass is 598 g/mol. The molecule has 5 atom stereocenters. The van der Waals surface area contributed by atoms with E-state index >= 15 is 0 Å². The summed E-state index contributed by atoms with van der Waals surface area (Å²) in [5.74, 6) is -0.668. The summed E-state index contributed by atoms with van der Waals surface area (Å²) in [5.41, 5.74) is 2.69. The standard InChI is InChI=1S/C33H38N6O5/c1-18-14-23-19(2)20(3)33(18,23)31(44)37-12-10-32(4,11-13-37)38-17-21(16-35-38)15-34-24-7-5-6-22-27(24)30(43)39(29(22)42)25-8-9-26(40)36-28(25)41/h5-7,14,16-20,25,34H,8-13,15H2,1-4H3,(H,36,40,41). The van der Waals surface area contributed by atoms with Crippen molar-refractivity contribution in [1.29, 1.82) is 0 Å². The van der Waals surface area contributed by atoms with Crippen LogP contribution in [-0.2, 0) is 26.5 Å². The fourth-order valence-electron chi connectivity index (χ4n) is 8.28. The van der Waals surface area contributed by atoms with Gasteiger partial charge in [-0.1, -0.05) is 38.5 Å². The number of nitrogens with one attached hydrogen (secondary N) is 2. The van der Waals surface area contributed by atoms with Crippen LogP contribution < -0.4 is 10.6 Å². The van der Waals surface area contributed by atoms with Crippen molar-refractivity contribution in [2.45, 2.75) is 71.5 Å². The van der Waals surface area contributed by atoms with Gasteiger partial charge in [-0.3, -0.25) is 38.9 Å². The third-order valence-corrected chi connectivity index (χ3v) is 11.2. The first-order valence-corrected chi connectivity index (χ1v) is 15.6. The van der Waals surface area contributed by atoms with E-state index in [1.54, 1.807) is 24.4 Å². The van der Waals surface area contributed by atoms with E-state index in [1.165, 1.54) is 5.57 Å². The lowest BCUT2D eigenvalue weighted by atomic mass is 9.40. The molecule has 230 valence electrons. The lowest BCUT2D eigenvalue weighted by Crippen LogP contribution is -2.66. The molecule has 0 spiro atoms. The van der Waals surface area contributed by atoms with E-state index in [2.05, 4.69) is 54.4 Å². The lowest BCUT2D eigenvalue weighted by Gasteiger charge is -2.64. The number of likely N-dealkylation sites (tertiary alicyclic amines) is 1. The number of fused-ring (bicyclic) bond motifs is 2. The van der Waals surface area contributed by atoms with E-state index in [1.807, 2.05) is 10.9 Å². The van der Waals surface area contributed by atoms with Gasteiger partial charge in [-0.05, 0) is 56.1 Å². The highest BCUT2D eigenvalue weighted by atomic mass is 16.2. The summed E-state index contributed by atoms with van der Waals surface area (Å²) < 4.78 is 1.99. The molecule has 2 aromatic rings. The Bertz CT molecular complexity index is 1650. The molecule has 2 aliphatic carbocycles. The third kappa shape index (κ3) is 3.86. The summed E-state index contributed by atoms with van der Waals surface area (Å²) >= 11 is 0. The highest BCUT2D eigenvalue weighted by Crippen LogP contribution is 2.67. The number of allylic oxidation sites excluding steroid dienone is 1. The van der Waals surface area contributed by atoms with Gasteiger partial charge in [0, 0.05) is 43.5 Å². The second-order valence-electron chi connectivity index (χ2n) is 13.5. The van der Waals surface area contributed by atoms with E-state index in [9.17, 15) is 24.0 Å². The summed E-state index contributed by atoms with van der Waals surface area (Å²) in [6, 6.07) is 4.01. The molecule has 4 heterocycles. The van der Waals surface area contributed by atoms with Gasteiger partial charge in [-0.25, -0.2) is 0 Å². The largest absolute Gasteiger partial charge is 0.380 e. The molecule has 5 aliphatic rings. The molecule has 2 saturated heterocycles. The molecule has 1 saturated carbocycles. The fourth-order valence-corrected chi connectivity index (χ4v) is 8.28. The van der Waals surface area contributed by atoms with Crippen LogP contribution in [0, 0.1) is 23.2 Å². The number of carbonyl (C=O) groups is 5. The first-order valence-electron chi connectivity index (χ1n) is 15.6. The van der Waals surface area contributed by atoms with Gasteiger partial charge in [0.15, 0.2) is 0 Å². The number of amides is 5. The van der Waals surface area contributed by atoms with Crippen LogP contribution in [0.1, 0.15) is 79.7 Å². The van der Waals surface area contributed by atoms with Crippen molar-refractivity contribution < 1.29 is 24.0 Å². The van der Waals surface area contributed by atoms with Crippen molar-refractivity contribution in [3.05, 3.63) is 58.9 Å². The van der Waals surface area contributed by atoms with Crippen LogP contribution in [0.25, 0.3) is 0 Å². The Kier molecular flexibility index (Phi) is 6.39. The van der Waals surface area contributed by atoms with Crippen molar-refractivity contribution in [1.82, 2.24) is 24.9 Å². The van der Waals surface area contributed by atoms with Gasteiger partial charge >= 0.3 is 0 Å². The number of hydrogen-bond acceptors (Lipinski definition) is 7. The van der Waals surface area contributed by atoms with Crippen LogP contribution >= 0.6 is 0 Å². The highest BCUT2D eigenvalue weighted by molar-refractivity contribution is 6.25. The molecule has 5 amide bonds. The molecule has 44 heavy (non-hydrogen) atoms. The highest BCUT2D eigenvalue weighted by Gasteiger charge is 2.66. The van der Waals surface area contributed by atoms with Crippen molar-refractivity contribution in [2.75, 3.05) is 18.4 Å². The predicted octanol–water partition coefficient (Wildman–Crippen LogP) is 3.08. The predicted molar refractivity (Wildman–Crippen MR) is 160 cm³/mol. The molecule has 0 bridgehead atoms. The minimum atomic E-state index is -1.01. The number of carbonyl (C=O) groups excluding carboxylic acids is 5. The normalized spacial score (nSPS) is 30.6. The van der Waals surface area contributed by atoms with Gasteiger partial charge in [0.25, 0.3) is 11.8 Å². The summed E-state index contributed by atoms with van der Waals surface area (Å²) in [6.45, 7) is 10.6. The van der Waals surface area contributed by atoms with E-state index in [0.29, 0.717) is 49.0 Å². The molecule has 2 N–H and O–H groups in total. The molecular weight excluding hydrogens is 560 g/mol. The third-order valence-electron chi connectivity index (χ3n) is 11.2. The second-order valence-corrected chi connectivity index (χ2v) is 13.5. The Morgan fingerprint density at radius 1 is 1.09 bits per heavy atom. The van der Waals surface area contributed by atoms with Gasteiger partial charge < -0.3 is 10.2 Å². The fraction of sp³-hybridized carbons (Fsp3) is 0.515. The Morgan fingerprint density at radius 3 is 2.52 bits per heavy atom. The zero-order chi connectivity index (χ0) is 31.1. The Labute approximate surface area is 256 Å². The van der Waals surface area contributed by atoms with Crippen molar-refractivity contribution in [3.63, 3.8) is 0 Å². The number of rotatable bonds is 6. The van der Waals surface area contributed by atoms with Gasteiger partial charge in [0.1, 0.15) is 6.04 Å². The molecular formula is C33H38N6O5. The number of imide groups is 2. The van der Waals surface area contributed by atoms with Gasteiger partial charge in [-0.15, -0.1) is 0 Å². The number of piperidine rings is 2. The smallest absolute Gasteiger partial charge is 0.264 e. The van der Waals surface area contributed by atoms with E-state index < -0.39 is 29.7 Å². The first kappa shape index (κ1) is 28.5. The summed E-state index contributed by atoms with van der Waals surface area (Å²) in [5, 5.41) is 10.2. The number of aromatic nitrogens is 2. The molecule has 11 nitrogen and oxygen atoms in total. The van der Waals surface area contributed by atoms with Gasteiger partial charge in [-0.2, -0.15) is 5.10 Å². The Hall–Kier alpha value is -4.28. The molecule has 1 aromatic carbocycles. The van der Waals surface area contributed by atoms with Crippen LogP contribution in [0.2, 0.25) is 0 Å². The lowest BCUT2D eigenvalue weighted by molar-refractivity contribution is -0.158. The molecule has 3 aliphatic heterocycles. The van der Waals surface area contributed by atoms with Gasteiger partial charge in [0.05, 0.1) is 28.3 Å². The van der Waals surface area contributed by atoms with Crippen LogP contribution in [0.3, 0.4) is 0 Å². The van der Waals surface area contributed by atoms with Crippen molar-refractivity contribution in [2.24, 2.45) is 23.2 Å². The Morgan fingerprint density at radius 2 is 1.84 bits per heavy atom. The van der Waals surface area contributed by atoms with Crippen LogP contribution in [0.4, 0.5) is 5.69 Å². The topological polar surface area (TPSA) is 134 Å². The maximum Gasteiger partial charge on any atom is 0.264 e. The maximum absolute atomic E-state index is 13.7. The maximum atomic E-state index is 13.7. The SMILES string of the molecule is CC1C2=CC(C)C2(C(=O)N2CCC(C)(n3cc(CNc4cccc5c4C(=O)N(C4CCC(=O)NC4=O)C5=O)cn3)CC2)C1C. The van der Waals surface area contributed by atoms with E-state index in [-0.39, 0.29) is 34.9 Å². The summed E-state index contributed by atoms with van der Waals surface area (Å²) in [7, 11) is 0. The van der Waals surface area contributed by atoms with Gasteiger partial charge in [0.2, 0.25) is 17.7 Å². The zero-order valence-corrected chi connectivity index (χ0v) is 25.6. The minimum absolute atomic E-state index is 0.0723. The zero-order valence-electron chi connectivity index (χ0n) is 25.6. The first-order chi connectivity index (χ1) is 21.0. The van der Waals surface area contributed by atoms with E-state index in [0.717, 1.165) is 23.3 Å². The molecule has 7 rings (SSSR count). The average Bonchev–Trinajstić information content (AvgIpc) is 3.58. The molecule has 0 radical (unpaired) electrons. The van der Waals surface area contributed by atoms with Crippen molar-refractivity contribution in [3.8, 4) is 0 Å². The van der Waals surface area contributed by atoms with E-state index in [4.69, 9.17) is 0 Å².